The number of hydrogen-bond acceptors (Lipinski definition) is 1. The van der Waals surface area contributed by atoms with Gasteiger partial charge in [-0.3, -0.25) is 0 Å². The second-order valence-electron chi connectivity index (χ2n) is 4.78. The maximum absolute atomic E-state index is 5.74. The maximum Gasteiger partial charge on any atom is 0.162 e. The number of rotatable bonds is 5. The van der Waals surface area contributed by atoms with Crippen molar-refractivity contribution in [2.24, 2.45) is 5.92 Å². The molecule has 13 heavy (non-hydrogen) atoms. The molecule has 0 bridgehead atoms. The lowest BCUT2D eigenvalue weighted by atomic mass is 10.2. The average molecular weight is 200 g/mol. The molecule has 0 aliphatic heterocycles. The largest absolute Gasteiger partial charge is 0.419 e. The zero-order valence-corrected chi connectivity index (χ0v) is 11.2. The molecule has 0 unspecified atom stereocenters. The van der Waals surface area contributed by atoms with Crippen molar-refractivity contribution in [1.82, 2.24) is 0 Å². The lowest BCUT2D eigenvalue weighted by Gasteiger charge is -2.19. The van der Waals surface area contributed by atoms with Gasteiger partial charge in [0.15, 0.2) is 9.76 Å². The van der Waals surface area contributed by atoms with Crippen molar-refractivity contribution in [2.45, 2.75) is 52.7 Å². The molecule has 0 saturated heterocycles. The van der Waals surface area contributed by atoms with Crippen LogP contribution in [0.3, 0.4) is 0 Å². The van der Waals surface area contributed by atoms with Gasteiger partial charge in [-0.1, -0.05) is 26.0 Å². The summed E-state index contributed by atoms with van der Waals surface area (Å²) in [7, 11) is -0.289. The van der Waals surface area contributed by atoms with E-state index in [1.54, 1.807) is 0 Å². The zero-order valence-electron chi connectivity index (χ0n) is 9.76. The van der Waals surface area contributed by atoms with Crippen LogP contribution in [0.5, 0.6) is 0 Å². The van der Waals surface area contributed by atoms with Crippen LogP contribution in [-0.2, 0) is 4.43 Å². The fourth-order valence-electron chi connectivity index (χ4n) is 0.948. The number of allylic oxidation sites excluding steroid dienone is 2. The summed E-state index contributed by atoms with van der Waals surface area (Å²) in [6.07, 6.45) is 5.75. The first-order valence-electron chi connectivity index (χ1n) is 5.22. The van der Waals surface area contributed by atoms with Crippen molar-refractivity contribution in [3.63, 3.8) is 0 Å². The van der Waals surface area contributed by atoms with Crippen LogP contribution in [-0.4, -0.2) is 15.4 Å². The van der Waals surface area contributed by atoms with Crippen LogP contribution in [0.4, 0.5) is 0 Å². The Labute approximate surface area is 85.5 Å². The SMILES string of the molecule is CC(C)C=CCC[SiH2]OC(C)(C)C. The first-order valence-corrected chi connectivity index (χ1v) is 6.80. The summed E-state index contributed by atoms with van der Waals surface area (Å²) in [5.41, 5.74) is 0.0774. The third-order valence-electron chi connectivity index (χ3n) is 1.57. The number of hydrogen-bond donors (Lipinski definition) is 0. The molecule has 0 aliphatic rings. The molecule has 2 heteroatoms. The lowest BCUT2D eigenvalue weighted by Crippen LogP contribution is -2.21. The highest BCUT2D eigenvalue weighted by atomic mass is 28.2. The van der Waals surface area contributed by atoms with Crippen molar-refractivity contribution in [3.05, 3.63) is 12.2 Å². The molecule has 0 aliphatic carbocycles. The topological polar surface area (TPSA) is 9.23 Å². The van der Waals surface area contributed by atoms with Crippen LogP contribution in [0.1, 0.15) is 41.0 Å². The summed E-state index contributed by atoms with van der Waals surface area (Å²) < 4.78 is 5.74. The average Bonchev–Trinajstić information content (AvgIpc) is 1.93. The van der Waals surface area contributed by atoms with Crippen LogP contribution < -0.4 is 0 Å². The summed E-state index contributed by atoms with van der Waals surface area (Å²) in [6.45, 7) is 10.8. The van der Waals surface area contributed by atoms with Gasteiger partial charge in [0.1, 0.15) is 0 Å². The van der Waals surface area contributed by atoms with E-state index < -0.39 is 0 Å². The van der Waals surface area contributed by atoms with E-state index in [-0.39, 0.29) is 15.4 Å². The highest BCUT2D eigenvalue weighted by Crippen LogP contribution is 2.07. The third-order valence-corrected chi connectivity index (χ3v) is 3.34. The Hall–Kier alpha value is -0.0831. The van der Waals surface area contributed by atoms with Gasteiger partial charge in [0, 0.05) is 5.60 Å². The van der Waals surface area contributed by atoms with Gasteiger partial charge in [-0.2, -0.15) is 0 Å². The Kier molecular flexibility index (Phi) is 6.34. The summed E-state index contributed by atoms with van der Waals surface area (Å²) >= 11 is 0. The first-order chi connectivity index (χ1) is 5.92. The second kappa shape index (κ2) is 6.38. The molecule has 0 rings (SSSR count). The molecule has 0 amide bonds. The van der Waals surface area contributed by atoms with Gasteiger partial charge in [0.2, 0.25) is 0 Å². The Morgan fingerprint density at radius 2 is 1.92 bits per heavy atom. The van der Waals surface area contributed by atoms with Crippen molar-refractivity contribution in [3.8, 4) is 0 Å². The van der Waals surface area contributed by atoms with Gasteiger partial charge in [0.05, 0.1) is 0 Å². The molecule has 78 valence electrons. The summed E-state index contributed by atoms with van der Waals surface area (Å²) in [6, 6.07) is 1.26. The normalized spacial score (nSPS) is 14.0. The summed E-state index contributed by atoms with van der Waals surface area (Å²) in [5.74, 6) is 0.685. The van der Waals surface area contributed by atoms with E-state index in [9.17, 15) is 0 Å². The molecule has 0 heterocycles. The van der Waals surface area contributed by atoms with E-state index in [0.29, 0.717) is 5.92 Å². The molecule has 0 N–H and O–H groups in total. The molecule has 0 atom stereocenters. The molecular formula is C11H24OSi. The minimum absolute atomic E-state index is 0.0774. The standard InChI is InChI=1S/C11H24OSi/c1-10(2)8-6-7-9-13-12-11(3,4)5/h6,8,10H,7,9,13H2,1-5H3. The zero-order chi connectivity index (χ0) is 10.3. The van der Waals surface area contributed by atoms with Crippen LogP contribution in [0, 0.1) is 5.92 Å². The Morgan fingerprint density at radius 3 is 2.38 bits per heavy atom. The summed E-state index contributed by atoms with van der Waals surface area (Å²) in [5, 5.41) is 0. The van der Waals surface area contributed by atoms with Gasteiger partial charge in [-0.25, -0.2) is 0 Å². The van der Waals surface area contributed by atoms with E-state index in [2.05, 4.69) is 46.8 Å². The van der Waals surface area contributed by atoms with E-state index >= 15 is 0 Å². The van der Waals surface area contributed by atoms with E-state index in [1.165, 1.54) is 12.5 Å². The second-order valence-corrected chi connectivity index (χ2v) is 6.18. The van der Waals surface area contributed by atoms with Crippen molar-refractivity contribution < 1.29 is 4.43 Å². The van der Waals surface area contributed by atoms with Crippen LogP contribution in [0.2, 0.25) is 6.04 Å². The van der Waals surface area contributed by atoms with E-state index in [4.69, 9.17) is 4.43 Å². The minimum Gasteiger partial charge on any atom is -0.419 e. The molecule has 0 radical (unpaired) electrons. The third kappa shape index (κ3) is 11.9. The highest BCUT2D eigenvalue weighted by molar-refractivity contribution is 6.27. The monoisotopic (exact) mass is 200 g/mol. The smallest absolute Gasteiger partial charge is 0.162 e. The quantitative estimate of drug-likeness (QED) is 0.377. The molecule has 0 aromatic heterocycles. The van der Waals surface area contributed by atoms with Gasteiger partial charge in [0.25, 0.3) is 0 Å². The van der Waals surface area contributed by atoms with Gasteiger partial charge in [-0.15, -0.1) is 0 Å². The van der Waals surface area contributed by atoms with Gasteiger partial charge < -0.3 is 4.43 Å². The molecule has 0 spiro atoms. The van der Waals surface area contributed by atoms with E-state index in [0.717, 1.165) is 0 Å². The summed E-state index contributed by atoms with van der Waals surface area (Å²) in [4.78, 5) is 0. The molecule has 1 nitrogen and oxygen atoms in total. The van der Waals surface area contributed by atoms with Crippen molar-refractivity contribution in [1.29, 1.82) is 0 Å². The Bertz CT molecular complexity index is 145. The molecular weight excluding hydrogens is 176 g/mol. The minimum atomic E-state index is -0.289. The van der Waals surface area contributed by atoms with E-state index in [1.807, 2.05) is 0 Å². The van der Waals surface area contributed by atoms with Crippen molar-refractivity contribution >= 4 is 9.76 Å². The predicted octanol–water partition coefficient (Wildman–Crippen LogP) is 2.91. The highest BCUT2D eigenvalue weighted by Gasteiger charge is 2.07. The molecule has 0 saturated carbocycles. The van der Waals surface area contributed by atoms with Crippen LogP contribution >= 0.6 is 0 Å². The predicted molar refractivity (Wildman–Crippen MR) is 62.8 cm³/mol. The molecule has 0 fully saturated rings. The van der Waals surface area contributed by atoms with Crippen molar-refractivity contribution in [2.75, 3.05) is 0 Å². The van der Waals surface area contributed by atoms with Crippen LogP contribution in [0.15, 0.2) is 12.2 Å². The van der Waals surface area contributed by atoms with Gasteiger partial charge >= 0.3 is 0 Å². The molecule has 0 aromatic rings. The first kappa shape index (κ1) is 12.9. The molecule has 0 aromatic carbocycles. The Balaban J connectivity index is 3.27. The van der Waals surface area contributed by atoms with Gasteiger partial charge in [-0.05, 0) is 39.2 Å². The maximum atomic E-state index is 5.74. The fourth-order valence-corrected chi connectivity index (χ4v) is 2.11. The fraction of sp³-hybridized carbons (Fsp3) is 0.818. The van der Waals surface area contributed by atoms with Crippen LogP contribution in [0.25, 0.3) is 0 Å². The lowest BCUT2D eigenvalue weighted by molar-refractivity contribution is 0.138. The Morgan fingerprint density at radius 1 is 1.31 bits per heavy atom.